The molecule has 1 aliphatic heterocycles. The minimum atomic E-state index is -0.239. The number of alkyl halides is 1. The molecule has 6 heteroatoms. The Morgan fingerprint density at radius 2 is 2.29 bits per heavy atom. The predicted molar refractivity (Wildman–Crippen MR) is 83.9 cm³/mol. The summed E-state index contributed by atoms with van der Waals surface area (Å²) in [6.45, 7) is 0. The van der Waals surface area contributed by atoms with Crippen LogP contribution in [0.5, 0.6) is 5.75 Å². The third-order valence-corrected chi connectivity index (χ3v) is 4.49. The lowest BCUT2D eigenvalue weighted by atomic mass is 10.0. The summed E-state index contributed by atoms with van der Waals surface area (Å²) in [6, 6.07) is 10.6. The topological polar surface area (TPSA) is 52.9 Å². The summed E-state index contributed by atoms with van der Waals surface area (Å²) in [5.41, 5.74) is 1.72. The molecule has 4 nitrogen and oxygen atoms in total. The van der Waals surface area contributed by atoms with Gasteiger partial charge in [-0.2, -0.15) is 5.10 Å². The molecular formula is C15H13ClN2O2S. The summed E-state index contributed by atoms with van der Waals surface area (Å²) in [5.74, 6) is -0.178. The van der Waals surface area contributed by atoms with E-state index in [2.05, 4.69) is 5.10 Å². The van der Waals surface area contributed by atoms with Crippen LogP contribution < -0.4 is 0 Å². The van der Waals surface area contributed by atoms with Gasteiger partial charge in [0.05, 0.1) is 16.6 Å². The molecule has 0 fully saturated rings. The molecular weight excluding hydrogens is 308 g/mol. The van der Waals surface area contributed by atoms with Crippen LogP contribution in [0.2, 0.25) is 0 Å². The summed E-state index contributed by atoms with van der Waals surface area (Å²) in [6.07, 6.45) is 0.618. The highest BCUT2D eigenvalue weighted by atomic mass is 35.5. The molecule has 0 unspecified atom stereocenters. The van der Waals surface area contributed by atoms with Crippen molar-refractivity contribution in [1.82, 2.24) is 5.01 Å². The first kappa shape index (κ1) is 14.1. The Morgan fingerprint density at radius 3 is 2.95 bits per heavy atom. The van der Waals surface area contributed by atoms with Gasteiger partial charge in [0.2, 0.25) is 0 Å². The van der Waals surface area contributed by atoms with E-state index in [0.29, 0.717) is 6.42 Å². The van der Waals surface area contributed by atoms with Crippen molar-refractivity contribution in [2.45, 2.75) is 12.5 Å². The molecule has 1 aromatic heterocycles. The molecule has 1 aliphatic rings. The highest BCUT2D eigenvalue weighted by Gasteiger charge is 2.33. The average Bonchev–Trinajstić information content (AvgIpc) is 3.15. The second-order valence-electron chi connectivity index (χ2n) is 4.71. The lowest BCUT2D eigenvalue weighted by molar-refractivity contribution is -0.130. The first-order chi connectivity index (χ1) is 10.2. The largest absolute Gasteiger partial charge is 0.508 e. The maximum Gasteiger partial charge on any atom is 0.258 e. The average molecular weight is 321 g/mol. The van der Waals surface area contributed by atoms with Gasteiger partial charge in [-0.3, -0.25) is 4.79 Å². The van der Waals surface area contributed by atoms with Crippen molar-refractivity contribution < 1.29 is 9.90 Å². The van der Waals surface area contributed by atoms with Crippen molar-refractivity contribution in [3.05, 3.63) is 52.2 Å². The Balaban J connectivity index is 1.95. The van der Waals surface area contributed by atoms with E-state index >= 15 is 0 Å². The number of hydrazone groups is 1. The summed E-state index contributed by atoms with van der Waals surface area (Å²) >= 11 is 7.27. The second-order valence-corrected chi connectivity index (χ2v) is 5.93. The van der Waals surface area contributed by atoms with Crippen LogP contribution in [0.3, 0.4) is 0 Å². The SMILES string of the molecule is O=C(CCl)N1N=C(c2cccs2)C[C@@H]1c1cccc(O)c1. The standard InChI is InChI=1S/C15H13ClN2O2S/c16-9-15(20)18-13(10-3-1-4-11(19)7-10)8-12(17-18)14-5-2-6-21-14/h1-7,13,19H,8-9H2/t13-/m1/s1. The number of nitrogens with zero attached hydrogens (tertiary/aromatic N) is 2. The van der Waals surface area contributed by atoms with Gasteiger partial charge in [-0.05, 0) is 29.1 Å². The number of rotatable bonds is 3. The highest BCUT2D eigenvalue weighted by molar-refractivity contribution is 7.12. The van der Waals surface area contributed by atoms with Crippen LogP contribution in [-0.2, 0) is 4.79 Å². The van der Waals surface area contributed by atoms with Gasteiger partial charge in [-0.25, -0.2) is 5.01 Å². The van der Waals surface area contributed by atoms with Gasteiger partial charge in [0.15, 0.2) is 0 Å². The Labute approximate surface area is 131 Å². The smallest absolute Gasteiger partial charge is 0.258 e. The van der Waals surface area contributed by atoms with E-state index in [-0.39, 0.29) is 23.6 Å². The highest BCUT2D eigenvalue weighted by Crippen LogP contribution is 2.34. The van der Waals surface area contributed by atoms with Crippen LogP contribution in [-0.4, -0.2) is 27.6 Å². The lowest BCUT2D eigenvalue weighted by Gasteiger charge is -2.21. The molecule has 0 spiro atoms. The van der Waals surface area contributed by atoms with Crippen molar-refractivity contribution in [3.8, 4) is 5.75 Å². The molecule has 2 aromatic rings. The molecule has 1 aromatic carbocycles. The number of hydrogen-bond acceptors (Lipinski definition) is 4. The number of amides is 1. The van der Waals surface area contributed by atoms with Crippen LogP contribution in [0, 0.1) is 0 Å². The molecule has 0 radical (unpaired) electrons. The van der Waals surface area contributed by atoms with Crippen LogP contribution in [0.1, 0.15) is 22.9 Å². The van der Waals surface area contributed by atoms with E-state index in [0.717, 1.165) is 16.2 Å². The molecule has 0 saturated heterocycles. The van der Waals surface area contributed by atoms with Crippen molar-refractivity contribution >= 4 is 34.6 Å². The first-order valence-corrected chi connectivity index (χ1v) is 7.89. The number of hydrogen-bond donors (Lipinski definition) is 1. The number of halogens is 1. The van der Waals surface area contributed by atoms with Crippen LogP contribution in [0.15, 0.2) is 46.9 Å². The molecule has 2 heterocycles. The summed E-state index contributed by atoms with van der Waals surface area (Å²) in [5, 5.41) is 17.5. The van der Waals surface area contributed by atoms with Crippen LogP contribution in [0.4, 0.5) is 0 Å². The van der Waals surface area contributed by atoms with E-state index in [9.17, 15) is 9.90 Å². The summed E-state index contributed by atoms with van der Waals surface area (Å²) in [4.78, 5) is 13.1. The fourth-order valence-electron chi connectivity index (χ4n) is 2.38. The van der Waals surface area contributed by atoms with Gasteiger partial charge in [0.1, 0.15) is 11.6 Å². The Bertz CT molecular complexity index is 685. The van der Waals surface area contributed by atoms with Crippen LogP contribution >= 0.6 is 22.9 Å². The number of thiophene rings is 1. The monoisotopic (exact) mass is 320 g/mol. The molecule has 0 bridgehead atoms. The summed E-state index contributed by atoms with van der Waals surface area (Å²) < 4.78 is 0. The summed E-state index contributed by atoms with van der Waals surface area (Å²) in [7, 11) is 0. The zero-order chi connectivity index (χ0) is 14.8. The van der Waals surface area contributed by atoms with E-state index < -0.39 is 0 Å². The van der Waals surface area contributed by atoms with Crippen LogP contribution in [0.25, 0.3) is 0 Å². The van der Waals surface area contributed by atoms with Gasteiger partial charge in [-0.1, -0.05) is 18.2 Å². The molecule has 1 atom stereocenters. The fourth-order valence-corrected chi connectivity index (χ4v) is 3.23. The molecule has 0 aliphatic carbocycles. The molecule has 108 valence electrons. The minimum absolute atomic E-state index is 0.115. The quantitative estimate of drug-likeness (QED) is 0.882. The number of aromatic hydroxyl groups is 1. The van der Waals surface area contributed by atoms with Gasteiger partial charge < -0.3 is 5.11 Å². The van der Waals surface area contributed by atoms with E-state index in [1.165, 1.54) is 5.01 Å². The van der Waals surface area contributed by atoms with E-state index in [4.69, 9.17) is 11.6 Å². The number of phenols is 1. The third-order valence-electron chi connectivity index (χ3n) is 3.34. The number of carbonyl (C=O) groups is 1. The number of phenolic OH excluding ortho intramolecular Hbond substituents is 1. The van der Waals surface area contributed by atoms with Gasteiger partial charge in [0, 0.05) is 6.42 Å². The predicted octanol–water partition coefficient (Wildman–Crippen LogP) is 3.37. The van der Waals surface area contributed by atoms with Gasteiger partial charge in [-0.15, -0.1) is 22.9 Å². The second kappa shape index (κ2) is 5.87. The maximum atomic E-state index is 12.0. The normalized spacial score (nSPS) is 17.9. The first-order valence-electron chi connectivity index (χ1n) is 6.47. The lowest BCUT2D eigenvalue weighted by Crippen LogP contribution is -2.27. The Kier molecular flexibility index (Phi) is 3.94. The minimum Gasteiger partial charge on any atom is -0.508 e. The maximum absolute atomic E-state index is 12.0. The zero-order valence-electron chi connectivity index (χ0n) is 11.1. The van der Waals surface area contributed by atoms with E-state index in [1.54, 1.807) is 29.5 Å². The zero-order valence-corrected chi connectivity index (χ0v) is 12.6. The van der Waals surface area contributed by atoms with Gasteiger partial charge in [0.25, 0.3) is 5.91 Å². The number of carbonyl (C=O) groups excluding carboxylic acids is 1. The molecule has 1 N–H and O–H groups in total. The molecule has 0 saturated carbocycles. The fraction of sp³-hybridized carbons (Fsp3) is 0.200. The Hall–Kier alpha value is -1.85. The molecule has 1 amide bonds. The van der Waals surface area contributed by atoms with Crippen molar-refractivity contribution in [2.75, 3.05) is 5.88 Å². The van der Waals surface area contributed by atoms with Crippen molar-refractivity contribution in [2.24, 2.45) is 5.10 Å². The number of benzene rings is 1. The van der Waals surface area contributed by atoms with E-state index in [1.807, 2.05) is 23.6 Å². The molecule has 21 heavy (non-hydrogen) atoms. The van der Waals surface area contributed by atoms with Crippen molar-refractivity contribution in [1.29, 1.82) is 0 Å². The Morgan fingerprint density at radius 1 is 1.43 bits per heavy atom. The molecule has 3 rings (SSSR count). The van der Waals surface area contributed by atoms with Gasteiger partial charge >= 0.3 is 0 Å². The third kappa shape index (κ3) is 2.80. The van der Waals surface area contributed by atoms with Crippen molar-refractivity contribution in [3.63, 3.8) is 0 Å².